The van der Waals surface area contributed by atoms with E-state index in [0.29, 0.717) is 5.75 Å². The van der Waals surface area contributed by atoms with E-state index < -0.39 is 31.5 Å². The molecule has 0 aliphatic heterocycles. The van der Waals surface area contributed by atoms with Crippen LogP contribution < -0.4 is 4.74 Å². The lowest BCUT2D eigenvalue weighted by atomic mass is 10.1. The van der Waals surface area contributed by atoms with Crippen molar-refractivity contribution in [1.29, 1.82) is 0 Å². The number of ether oxygens (including phenoxy) is 2. The SMILES string of the molecule is OCC(O)C(O)C(CO)OCOc1ccc(-c2ccccc2)cc1. The highest BCUT2D eigenvalue weighted by molar-refractivity contribution is 5.63. The second-order valence-corrected chi connectivity index (χ2v) is 5.28. The monoisotopic (exact) mass is 334 g/mol. The van der Waals surface area contributed by atoms with Crippen LogP contribution in [0.4, 0.5) is 0 Å². The summed E-state index contributed by atoms with van der Waals surface area (Å²) in [6.45, 7) is -1.33. The minimum atomic E-state index is -1.40. The Morgan fingerprint density at radius 1 is 0.792 bits per heavy atom. The van der Waals surface area contributed by atoms with Crippen LogP contribution in [0.2, 0.25) is 0 Å². The quantitative estimate of drug-likeness (QED) is 0.506. The lowest BCUT2D eigenvalue weighted by Gasteiger charge is -2.24. The molecule has 0 saturated heterocycles. The van der Waals surface area contributed by atoms with E-state index in [1.165, 1.54) is 0 Å². The third-order valence-corrected chi connectivity index (χ3v) is 3.61. The predicted octanol–water partition coefficient (Wildman–Crippen LogP) is 0.782. The van der Waals surface area contributed by atoms with Crippen molar-refractivity contribution in [2.45, 2.75) is 18.3 Å². The van der Waals surface area contributed by atoms with E-state index in [1.54, 1.807) is 12.1 Å². The molecule has 0 aliphatic rings. The van der Waals surface area contributed by atoms with E-state index in [4.69, 9.17) is 19.7 Å². The first-order valence-electron chi connectivity index (χ1n) is 7.63. The molecule has 3 atom stereocenters. The summed E-state index contributed by atoms with van der Waals surface area (Å²) in [4.78, 5) is 0. The molecule has 6 nitrogen and oxygen atoms in total. The van der Waals surface area contributed by atoms with E-state index in [-0.39, 0.29) is 6.79 Å². The number of rotatable bonds is 9. The van der Waals surface area contributed by atoms with Crippen molar-refractivity contribution in [2.24, 2.45) is 0 Å². The minimum absolute atomic E-state index is 0.203. The Labute approximate surface area is 140 Å². The molecule has 2 rings (SSSR count). The van der Waals surface area contributed by atoms with Crippen LogP contribution in [-0.4, -0.2) is 58.7 Å². The number of hydrogen-bond donors (Lipinski definition) is 4. The van der Waals surface area contributed by atoms with E-state index in [2.05, 4.69) is 0 Å². The molecule has 4 N–H and O–H groups in total. The first-order valence-corrected chi connectivity index (χ1v) is 7.63. The zero-order valence-corrected chi connectivity index (χ0v) is 13.2. The van der Waals surface area contributed by atoms with Crippen molar-refractivity contribution in [3.8, 4) is 16.9 Å². The van der Waals surface area contributed by atoms with Gasteiger partial charge >= 0.3 is 0 Å². The standard InChI is InChI=1S/C18H22O6/c19-10-16(21)18(22)17(11-20)24-12-23-15-8-6-14(7-9-15)13-4-2-1-3-5-13/h1-9,16-22H,10-12H2. The highest BCUT2D eigenvalue weighted by Gasteiger charge is 2.26. The van der Waals surface area contributed by atoms with Crippen molar-refractivity contribution in [3.63, 3.8) is 0 Å². The number of aliphatic hydroxyl groups excluding tert-OH is 4. The second kappa shape index (κ2) is 9.36. The molecule has 0 aromatic heterocycles. The van der Waals surface area contributed by atoms with E-state index >= 15 is 0 Å². The molecule has 0 aliphatic carbocycles. The van der Waals surface area contributed by atoms with Gasteiger partial charge in [-0.25, -0.2) is 0 Å². The lowest BCUT2D eigenvalue weighted by Crippen LogP contribution is -2.43. The Hall–Kier alpha value is -1.96. The van der Waals surface area contributed by atoms with Gasteiger partial charge in [0.25, 0.3) is 0 Å². The topological polar surface area (TPSA) is 99.4 Å². The Bertz CT molecular complexity index is 586. The highest BCUT2D eigenvalue weighted by atomic mass is 16.7. The normalized spacial score (nSPS) is 14.8. The Kier molecular flexibility index (Phi) is 7.17. The molecule has 2 aromatic carbocycles. The Morgan fingerprint density at radius 3 is 2.00 bits per heavy atom. The van der Waals surface area contributed by atoms with Crippen LogP contribution in [0.15, 0.2) is 54.6 Å². The summed E-state index contributed by atoms with van der Waals surface area (Å²) in [6, 6.07) is 17.3. The molecule has 0 spiro atoms. The first-order chi connectivity index (χ1) is 11.7. The zero-order valence-electron chi connectivity index (χ0n) is 13.2. The van der Waals surface area contributed by atoms with Gasteiger partial charge in [-0.3, -0.25) is 0 Å². The summed E-state index contributed by atoms with van der Waals surface area (Å²) in [6.07, 6.45) is -3.83. The lowest BCUT2D eigenvalue weighted by molar-refractivity contribution is -0.142. The Morgan fingerprint density at radius 2 is 1.42 bits per heavy atom. The van der Waals surface area contributed by atoms with Crippen LogP contribution in [0.25, 0.3) is 11.1 Å². The highest BCUT2D eigenvalue weighted by Crippen LogP contribution is 2.22. The maximum atomic E-state index is 9.69. The molecule has 6 heteroatoms. The molecule has 24 heavy (non-hydrogen) atoms. The fraction of sp³-hybridized carbons (Fsp3) is 0.333. The average molecular weight is 334 g/mol. The van der Waals surface area contributed by atoms with Crippen molar-refractivity contribution in [2.75, 3.05) is 20.0 Å². The summed E-state index contributed by atoms with van der Waals surface area (Å²) in [5.41, 5.74) is 2.15. The third kappa shape index (κ3) is 5.02. The number of benzene rings is 2. The fourth-order valence-corrected chi connectivity index (χ4v) is 2.18. The summed E-state index contributed by atoms with van der Waals surface area (Å²) in [7, 11) is 0. The first kappa shape index (κ1) is 18.4. The number of hydrogen-bond acceptors (Lipinski definition) is 6. The Balaban J connectivity index is 1.86. The van der Waals surface area contributed by atoms with Crippen LogP contribution in [0.1, 0.15) is 0 Å². The van der Waals surface area contributed by atoms with Gasteiger partial charge in [0.15, 0.2) is 6.79 Å². The van der Waals surface area contributed by atoms with Crippen LogP contribution in [0.3, 0.4) is 0 Å². The molecule has 0 heterocycles. The van der Waals surface area contributed by atoms with Gasteiger partial charge < -0.3 is 29.9 Å². The third-order valence-electron chi connectivity index (χ3n) is 3.61. The van der Waals surface area contributed by atoms with Crippen molar-refractivity contribution in [3.05, 3.63) is 54.6 Å². The molecule has 0 saturated carbocycles. The van der Waals surface area contributed by atoms with Gasteiger partial charge in [-0.2, -0.15) is 0 Å². The zero-order chi connectivity index (χ0) is 17.4. The molecule has 0 bridgehead atoms. The molecule has 0 amide bonds. The molecule has 130 valence electrons. The van der Waals surface area contributed by atoms with Gasteiger partial charge in [-0.15, -0.1) is 0 Å². The molecule has 0 radical (unpaired) electrons. The van der Waals surface area contributed by atoms with Gasteiger partial charge in [-0.1, -0.05) is 42.5 Å². The minimum Gasteiger partial charge on any atom is -0.468 e. The fourth-order valence-electron chi connectivity index (χ4n) is 2.18. The summed E-state index contributed by atoms with van der Waals surface area (Å²) >= 11 is 0. The molecule has 0 fully saturated rings. The molecular formula is C18H22O6. The summed E-state index contributed by atoms with van der Waals surface area (Å²) in [5, 5.41) is 37.0. The van der Waals surface area contributed by atoms with Crippen molar-refractivity contribution in [1.82, 2.24) is 0 Å². The van der Waals surface area contributed by atoms with Crippen LogP contribution in [0.5, 0.6) is 5.75 Å². The van der Waals surface area contributed by atoms with Crippen LogP contribution >= 0.6 is 0 Å². The second-order valence-electron chi connectivity index (χ2n) is 5.28. The van der Waals surface area contributed by atoms with E-state index in [9.17, 15) is 10.2 Å². The molecule has 2 aromatic rings. The van der Waals surface area contributed by atoms with Gasteiger partial charge in [0.2, 0.25) is 0 Å². The van der Waals surface area contributed by atoms with E-state index in [0.717, 1.165) is 11.1 Å². The van der Waals surface area contributed by atoms with Gasteiger partial charge in [-0.05, 0) is 23.3 Å². The van der Waals surface area contributed by atoms with Crippen LogP contribution in [-0.2, 0) is 4.74 Å². The molecular weight excluding hydrogens is 312 g/mol. The van der Waals surface area contributed by atoms with Crippen molar-refractivity contribution >= 4 is 0 Å². The number of aliphatic hydroxyl groups is 4. The van der Waals surface area contributed by atoms with Crippen molar-refractivity contribution < 1.29 is 29.9 Å². The van der Waals surface area contributed by atoms with E-state index in [1.807, 2.05) is 42.5 Å². The largest absolute Gasteiger partial charge is 0.468 e. The van der Waals surface area contributed by atoms with Gasteiger partial charge in [0.1, 0.15) is 24.1 Å². The predicted molar refractivity (Wildman–Crippen MR) is 88.4 cm³/mol. The maximum absolute atomic E-state index is 9.69. The summed E-state index contributed by atoms with van der Waals surface area (Å²) in [5.74, 6) is 0.573. The maximum Gasteiger partial charge on any atom is 0.189 e. The average Bonchev–Trinajstić information content (AvgIpc) is 2.65. The smallest absolute Gasteiger partial charge is 0.189 e. The summed E-state index contributed by atoms with van der Waals surface area (Å²) < 4.78 is 10.6. The van der Waals surface area contributed by atoms with Gasteiger partial charge in [0.05, 0.1) is 13.2 Å². The van der Waals surface area contributed by atoms with Gasteiger partial charge in [0, 0.05) is 0 Å². The van der Waals surface area contributed by atoms with Crippen LogP contribution in [0, 0.1) is 0 Å². The molecule has 3 unspecified atom stereocenters.